The molecule has 1 aromatic heterocycles. The highest BCUT2D eigenvalue weighted by molar-refractivity contribution is 6.05. The molecule has 0 radical (unpaired) electrons. The summed E-state index contributed by atoms with van der Waals surface area (Å²) >= 11 is 0. The Morgan fingerprint density at radius 3 is 2.74 bits per heavy atom. The number of carbonyl (C=O) groups excluding carboxylic acids is 1. The number of alkyl carbamates (subject to hydrolysis) is 1. The van der Waals surface area contributed by atoms with Crippen molar-refractivity contribution in [2.24, 2.45) is 0 Å². The van der Waals surface area contributed by atoms with E-state index in [9.17, 15) is 4.79 Å². The van der Waals surface area contributed by atoms with E-state index in [0.29, 0.717) is 24.8 Å². The number of carbonyl (C=O) groups is 1. The molecule has 1 unspecified atom stereocenters. The minimum atomic E-state index is -0.427. The van der Waals surface area contributed by atoms with Crippen molar-refractivity contribution >= 4 is 17.6 Å². The van der Waals surface area contributed by atoms with Gasteiger partial charge < -0.3 is 31.0 Å². The van der Waals surface area contributed by atoms with Crippen molar-refractivity contribution in [3.8, 4) is 0 Å². The monoisotopic (exact) mass is 376 g/mol. The summed E-state index contributed by atoms with van der Waals surface area (Å²) in [7, 11) is 5.36. The van der Waals surface area contributed by atoms with Crippen molar-refractivity contribution in [2.45, 2.75) is 44.8 Å². The van der Waals surface area contributed by atoms with Gasteiger partial charge in [0.1, 0.15) is 5.82 Å². The molecule has 0 saturated heterocycles. The first-order valence-corrected chi connectivity index (χ1v) is 9.46. The Hall–Kier alpha value is -2.19. The third-order valence-corrected chi connectivity index (χ3v) is 4.32. The van der Waals surface area contributed by atoms with Crippen LogP contribution in [0.5, 0.6) is 0 Å². The summed E-state index contributed by atoms with van der Waals surface area (Å²) in [6.45, 7) is 3.93. The molecule has 4 N–H and O–H groups in total. The van der Waals surface area contributed by atoms with Gasteiger partial charge in [0.15, 0.2) is 0 Å². The number of nitrogens with zero attached hydrogens (tertiary/aromatic N) is 2. The molecule has 150 valence electrons. The highest BCUT2D eigenvalue weighted by atomic mass is 16.5. The summed E-state index contributed by atoms with van der Waals surface area (Å²) in [5.74, 6) is 0.724. The van der Waals surface area contributed by atoms with Crippen LogP contribution in [-0.2, 0) is 11.3 Å². The van der Waals surface area contributed by atoms with E-state index in [1.165, 1.54) is 20.0 Å². The number of pyridine rings is 1. The molecule has 27 heavy (non-hydrogen) atoms. The van der Waals surface area contributed by atoms with E-state index in [2.05, 4.69) is 25.6 Å². The summed E-state index contributed by atoms with van der Waals surface area (Å²) in [6.07, 6.45) is 2.69. The second kappa shape index (κ2) is 10.2. The summed E-state index contributed by atoms with van der Waals surface area (Å²) in [6, 6.07) is 4.49. The van der Waals surface area contributed by atoms with Crippen LogP contribution in [0, 0.1) is 5.41 Å². The lowest BCUT2D eigenvalue weighted by Gasteiger charge is -2.19. The molecule has 1 fully saturated rings. The van der Waals surface area contributed by atoms with Crippen LogP contribution in [0.4, 0.5) is 10.6 Å². The first-order chi connectivity index (χ1) is 12.9. The predicted molar refractivity (Wildman–Crippen MR) is 108 cm³/mol. The van der Waals surface area contributed by atoms with E-state index in [0.717, 1.165) is 30.0 Å². The number of rotatable bonds is 11. The maximum atomic E-state index is 11.1. The van der Waals surface area contributed by atoms with Crippen molar-refractivity contribution in [3.05, 3.63) is 23.4 Å². The highest BCUT2D eigenvalue weighted by Gasteiger charge is 2.25. The minimum Gasteiger partial charge on any atom is -0.453 e. The number of amides is 1. The zero-order valence-corrected chi connectivity index (χ0v) is 16.8. The second-order valence-electron chi connectivity index (χ2n) is 7.21. The van der Waals surface area contributed by atoms with Crippen LogP contribution in [0.1, 0.15) is 37.4 Å². The third-order valence-electron chi connectivity index (χ3n) is 4.32. The van der Waals surface area contributed by atoms with Crippen LogP contribution in [0.2, 0.25) is 0 Å². The van der Waals surface area contributed by atoms with Gasteiger partial charge in [0.2, 0.25) is 0 Å². The van der Waals surface area contributed by atoms with Crippen LogP contribution in [-0.4, -0.2) is 68.1 Å². The largest absolute Gasteiger partial charge is 0.453 e. The molecular formula is C19H32N6O2. The molecule has 0 aliphatic heterocycles. The highest BCUT2D eigenvalue weighted by Crippen LogP contribution is 2.22. The number of ether oxygens (including phenoxy) is 1. The van der Waals surface area contributed by atoms with Gasteiger partial charge in [0.25, 0.3) is 0 Å². The molecule has 1 atom stereocenters. The normalized spacial score (nSPS) is 14.7. The van der Waals surface area contributed by atoms with E-state index in [4.69, 9.17) is 10.4 Å². The maximum absolute atomic E-state index is 11.1. The first kappa shape index (κ1) is 21.1. The topological polar surface area (TPSA) is 102 Å². The summed E-state index contributed by atoms with van der Waals surface area (Å²) in [5, 5.41) is 18.0. The van der Waals surface area contributed by atoms with Crippen LogP contribution >= 0.6 is 0 Å². The molecule has 1 amide bonds. The Labute approximate surface area is 161 Å². The van der Waals surface area contributed by atoms with Crippen LogP contribution in [0.15, 0.2) is 12.1 Å². The number of hydrogen-bond acceptors (Lipinski definition) is 7. The standard InChI is InChI=1S/C19H32N6O2/c1-13(23-14-6-7-14)17(20)16-9-8-15(12-25(2)3)24-18(16)21-10-5-11-22-19(26)27-4/h8-9,13-14,20,23H,5-7,10-12H2,1-4H3,(H,21,24)(H,22,26). The number of aromatic nitrogens is 1. The van der Waals surface area contributed by atoms with Crippen molar-refractivity contribution < 1.29 is 9.53 Å². The van der Waals surface area contributed by atoms with E-state index in [-0.39, 0.29) is 6.04 Å². The Morgan fingerprint density at radius 2 is 2.11 bits per heavy atom. The average Bonchev–Trinajstić information content (AvgIpc) is 3.44. The maximum Gasteiger partial charge on any atom is 0.406 e. The van der Waals surface area contributed by atoms with Gasteiger partial charge >= 0.3 is 6.09 Å². The van der Waals surface area contributed by atoms with Gasteiger partial charge in [-0.2, -0.15) is 0 Å². The Kier molecular flexibility index (Phi) is 7.99. The molecule has 1 aromatic rings. The SMILES string of the molecule is COC(=O)NCCCNc1nc(CN(C)C)ccc1C(=N)C(C)NC1CC1. The average molecular weight is 377 g/mol. The van der Waals surface area contributed by atoms with E-state index in [1.807, 2.05) is 33.2 Å². The third kappa shape index (κ3) is 7.15. The molecule has 1 heterocycles. The number of methoxy groups -OCH3 is 1. The van der Waals surface area contributed by atoms with Crippen molar-refractivity contribution in [2.75, 3.05) is 39.6 Å². The Morgan fingerprint density at radius 1 is 1.37 bits per heavy atom. The number of nitrogens with one attached hydrogen (secondary N) is 4. The number of hydrogen-bond donors (Lipinski definition) is 4. The zero-order valence-electron chi connectivity index (χ0n) is 16.8. The molecule has 2 rings (SSSR count). The van der Waals surface area contributed by atoms with Gasteiger partial charge in [-0.05, 0) is 52.4 Å². The van der Waals surface area contributed by atoms with E-state index < -0.39 is 6.09 Å². The van der Waals surface area contributed by atoms with Gasteiger partial charge in [-0.3, -0.25) is 0 Å². The van der Waals surface area contributed by atoms with Gasteiger partial charge in [-0.15, -0.1) is 0 Å². The number of anilines is 1. The van der Waals surface area contributed by atoms with Crippen LogP contribution < -0.4 is 16.0 Å². The fourth-order valence-electron chi connectivity index (χ4n) is 2.74. The van der Waals surface area contributed by atoms with E-state index >= 15 is 0 Å². The lowest BCUT2D eigenvalue weighted by Crippen LogP contribution is -2.36. The molecule has 8 heteroatoms. The van der Waals surface area contributed by atoms with Gasteiger partial charge in [-0.1, -0.05) is 0 Å². The Bertz CT molecular complexity index is 645. The first-order valence-electron chi connectivity index (χ1n) is 9.46. The molecule has 0 spiro atoms. The molecule has 1 aliphatic rings. The second-order valence-corrected chi connectivity index (χ2v) is 7.21. The molecule has 1 saturated carbocycles. The van der Waals surface area contributed by atoms with Crippen molar-refractivity contribution in [3.63, 3.8) is 0 Å². The summed E-state index contributed by atoms with van der Waals surface area (Å²) in [4.78, 5) is 17.9. The predicted octanol–water partition coefficient (Wildman–Crippen LogP) is 1.81. The summed E-state index contributed by atoms with van der Waals surface area (Å²) in [5.41, 5.74) is 2.31. The molecular weight excluding hydrogens is 344 g/mol. The van der Waals surface area contributed by atoms with Crippen LogP contribution in [0.25, 0.3) is 0 Å². The fraction of sp³-hybridized carbons (Fsp3) is 0.632. The van der Waals surface area contributed by atoms with Crippen molar-refractivity contribution in [1.82, 2.24) is 20.5 Å². The van der Waals surface area contributed by atoms with E-state index in [1.54, 1.807) is 0 Å². The van der Waals surface area contributed by atoms with Crippen molar-refractivity contribution in [1.29, 1.82) is 5.41 Å². The fourth-order valence-corrected chi connectivity index (χ4v) is 2.74. The molecule has 8 nitrogen and oxygen atoms in total. The summed E-state index contributed by atoms with van der Waals surface area (Å²) < 4.78 is 4.56. The smallest absolute Gasteiger partial charge is 0.406 e. The van der Waals surface area contributed by atoms with Gasteiger partial charge in [-0.25, -0.2) is 9.78 Å². The van der Waals surface area contributed by atoms with Gasteiger partial charge in [0, 0.05) is 37.3 Å². The zero-order chi connectivity index (χ0) is 19.8. The lowest BCUT2D eigenvalue weighted by atomic mass is 10.0. The quantitative estimate of drug-likeness (QED) is 0.347. The van der Waals surface area contributed by atoms with Gasteiger partial charge in [0.05, 0.1) is 18.5 Å². The minimum absolute atomic E-state index is 0.0134. The van der Waals surface area contributed by atoms with Crippen LogP contribution in [0.3, 0.4) is 0 Å². The lowest BCUT2D eigenvalue weighted by molar-refractivity contribution is 0.171. The molecule has 0 bridgehead atoms. The Balaban J connectivity index is 2.02. The molecule has 1 aliphatic carbocycles. The molecule has 0 aromatic carbocycles.